The van der Waals surface area contributed by atoms with Crippen LogP contribution in [0.5, 0.6) is 0 Å². The molecule has 9 heteroatoms. The normalized spacial score (nSPS) is 15.2. The third-order valence-corrected chi connectivity index (χ3v) is 7.25. The molecule has 0 bridgehead atoms. The second-order valence-electron chi connectivity index (χ2n) is 7.26. The van der Waals surface area contributed by atoms with E-state index in [0.717, 1.165) is 10.8 Å². The summed E-state index contributed by atoms with van der Waals surface area (Å²) in [5.41, 5.74) is 0.277. The number of aryl methyl sites for hydroxylation is 1. The molecule has 0 atom stereocenters. The second-order valence-corrected chi connectivity index (χ2v) is 9.20. The van der Waals surface area contributed by atoms with E-state index in [0.29, 0.717) is 5.76 Å². The molecule has 0 spiro atoms. The molecular formula is C22H22N2O6S. The van der Waals surface area contributed by atoms with E-state index in [-0.39, 0.29) is 42.5 Å². The summed E-state index contributed by atoms with van der Waals surface area (Å²) in [6.45, 7) is 2.04. The van der Waals surface area contributed by atoms with E-state index in [1.165, 1.54) is 21.5 Å². The van der Waals surface area contributed by atoms with Crippen molar-refractivity contribution in [2.24, 2.45) is 0 Å². The van der Waals surface area contributed by atoms with Crippen LogP contribution in [0.4, 0.5) is 0 Å². The predicted octanol–water partition coefficient (Wildman–Crippen LogP) is 2.43. The molecule has 0 radical (unpaired) electrons. The molecule has 0 aliphatic carbocycles. The van der Waals surface area contributed by atoms with E-state index in [1.807, 2.05) is 24.3 Å². The number of amides is 1. The molecule has 0 N–H and O–H groups in total. The van der Waals surface area contributed by atoms with Gasteiger partial charge < -0.3 is 14.1 Å². The summed E-state index contributed by atoms with van der Waals surface area (Å²) >= 11 is 0. The molecule has 1 aliphatic rings. The molecular weight excluding hydrogens is 420 g/mol. The minimum atomic E-state index is -3.66. The molecule has 4 rings (SSSR count). The van der Waals surface area contributed by atoms with Gasteiger partial charge in [-0.3, -0.25) is 4.79 Å². The zero-order chi connectivity index (χ0) is 22.0. The van der Waals surface area contributed by atoms with Crippen molar-refractivity contribution in [1.29, 1.82) is 0 Å². The van der Waals surface area contributed by atoms with Crippen LogP contribution >= 0.6 is 0 Å². The maximum Gasteiger partial charge on any atom is 0.342 e. The molecule has 1 aromatic heterocycles. The lowest BCUT2D eigenvalue weighted by Gasteiger charge is -2.33. The summed E-state index contributed by atoms with van der Waals surface area (Å²) < 4.78 is 37.6. The molecule has 0 unspecified atom stereocenters. The van der Waals surface area contributed by atoms with Crippen molar-refractivity contribution in [3.63, 3.8) is 0 Å². The van der Waals surface area contributed by atoms with E-state index in [1.54, 1.807) is 25.1 Å². The minimum absolute atomic E-state index is 0.176. The van der Waals surface area contributed by atoms with Crippen LogP contribution in [0.3, 0.4) is 0 Å². The number of nitrogens with zero attached hydrogens (tertiary/aromatic N) is 2. The van der Waals surface area contributed by atoms with E-state index in [4.69, 9.17) is 9.15 Å². The first-order valence-electron chi connectivity index (χ1n) is 9.84. The van der Waals surface area contributed by atoms with Crippen molar-refractivity contribution in [2.45, 2.75) is 11.8 Å². The smallest absolute Gasteiger partial charge is 0.342 e. The molecule has 31 heavy (non-hydrogen) atoms. The van der Waals surface area contributed by atoms with Crippen molar-refractivity contribution >= 4 is 32.7 Å². The SMILES string of the molecule is Cc1occc1C(=O)OCC(=O)N1CCN(S(=O)(=O)c2ccc3ccccc3c2)CC1. The fraction of sp³-hybridized carbons (Fsp3) is 0.273. The van der Waals surface area contributed by atoms with Crippen LogP contribution in [-0.2, 0) is 19.6 Å². The highest BCUT2D eigenvalue weighted by molar-refractivity contribution is 7.89. The van der Waals surface area contributed by atoms with Gasteiger partial charge in [-0.2, -0.15) is 4.31 Å². The number of sulfonamides is 1. The first-order valence-corrected chi connectivity index (χ1v) is 11.3. The standard InChI is InChI=1S/C22H22N2O6S/c1-16-20(8-13-29-16)22(26)30-15-21(25)23-9-11-24(12-10-23)31(27,28)19-7-6-17-4-2-3-5-18(17)14-19/h2-8,13-14H,9-12,15H2,1H3. The lowest BCUT2D eigenvalue weighted by atomic mass is 10.1. The van der Waals surface area contributed by atoms with Crippen LogP contribution in [0.1, 0.15) is 16.1 Å². The number of benzene rings is 2. The van der Waals surface area contributed by atoms with Crippen molar-refractivity contribution in [3.8, 4) is 0 Å². The number of ether oxygens (including phenoxy) is 1. The van der Waals surface area contributed by atoms with Crippen LogP contribution in [0.15, 0.2) is 64.1 Å². The van der Waals surface area contributed by atoms with Crippen LogP contribution in [0.25, 0.3) is 10.8 Å². The molecule has 1 amide bonds. The van der Waals surface area contributed by atoms with E-state index in [2.05, 4.69) is 0 Å². The molecule has 2 aromatic carbocycles. The number of esters is 1. The molecule has 3 aromatic rings. The van der Waals surface area contributed by atoms with Gasteiger partial charge in [0.2, 0.25) is 10.0 Å². The van der Waals surface area contributed by atoms with Gasteiger partial charge in [-0.1, -0.05) is 30.3 Å². The molecule has 1 fully saturated rings. The van der Waals surface area contributed by atoms with Crippen LogP contribution < -0.4 is 0 Å². The Morgan fingerprint density at radius 2 is 1.71 bits per heavy atom. The number of carbonyl (C=O) groups is 2. The Balaban J connectivity index is 1.35. The van der Waals surface area contributed by atoms with Gasteiger partial charge in [0, 0.05) is 26.2 Å². The molecule has 0 saturated carbocycles. The Morgan fingerprint density at radius 3 is 2.39 bits per heavy atom. The summed E-state index contributed by atoms with van der Waals surface area (Å²) in [6.07, 6.45) is 1.38. The van der Waals surface area contributed by atoms with Gasteiger partial charge >= 0.3 is 5.97 Å². The molecule has 8 nitrogen and oxygen atoms in total. The highest BCUT2D eigenvalue weighted by Gasteiger charge is 2.30. The summed E-state index contributed by atoms with van der Waals surface area (Å²) in [5, 5.41) is 1.82. The highest BCUT2D eigenvalue weighted by Crippen LogP contribution is 2.23. The van der Waals surface area contributed by atoms with Gasteiger partial charge in [0.15, 0.2) is 6.61 Å². The third-order valence-electron chi connectivity index (χ3n) is 5.36. The highest BCUT2D eigenvalue weighted by atomic mass is 32.2. The molecule has 162 valence electrons. The van der Waals surface area contributed by atoms with E-state index in [9.17, 15) is 18.0 Å². The number of hydrogen-bond donors (Lipinski definition) is 0. The number of carbonyl (C=O) groups excluding carboxylic acids is 2. The van der Waals surface area contributed by atoms with Crippen LogP contribution in [-0.4, -0.2) is 62.3 Å². The Morgan fingerprint density at radius 1 is 1.00 bits per heavy atom. The largest absolute Gasteiger partial charge is 0.469 e. The number of hydrogen-bond acceptors (Lipinski definition) is 6. The fourth-order valence-corrected chi connectivity index (χ4v) is 5.01. The Hall–Kier alpha value is -3.17. The average Bonchev–Trinajstić information content (AvgIpc) is 3.23. The lowest BCUT2D eigenvalue weighted by molar-refractivity contribution is -0.135. The van der Waals surface area contributed by atoms with Crippen molar-refractivity contribution in [1.82, 2.24) is 9.21 Å². The van der Waals surface area contributed by atoms with Crippen molar-refractivity contribution in [3.05, 3.63) is 66.1 Å². The van der Waals surface area contributed by atoms with Gasteiger partial charge in [0.1, 0.15) is 11.3 Å². The van der Waals surface area contributed by atoms with Crippen LogP contribution in [0.2, 0.25) is 0 Å². The fourth-order valence-electron chi connectivity index (χ4n) is 3.55. The molecule has 1 aliphatic heterocycles. The van der Waals surface area contributed by atoms with Gasteiger partial charge in [-0.15, -0.1) is 0 Å². The third kappa shape index (κ3) is 4.33. The Labute approximate surface area is 180 Å². The predicted molar refractivity (Wildman–Crippen MR) is 113 cm³/mol. The van der Waals surface area contributed by atoms with E-state index < -0.39 is 22.6 Å². The molecule has 2 heterocycles. The van der Waals surface area contributed by atoms with Gasteiger partial charge in [-0.25, -0.2) is 13.2 Å². The summed E-state index contributed by atoms with van der Waals surface area (Å²) in [4.78, 5) is 26.1. The molecule has 1 saturated heterocycles. The Bertz CT molecular complexity index is 1230. The van der Waals surface area contributed by atoms with Crippen molar-refractivity contribution in [2.75, 3.05) is 32.8 Å². The lowest BCUT2D eigenvalue weighted by Crippen LogP contribution is -2.51. The van der Waals surface area contributed by atoms with Gasteiger partial charge in [0.05, 0.1) is 11.2 Å². The minimum Gasteiger partial charge on any atom is -0.469 e. The number of furan rings is 1. The zero-order valence-electron chi connectivity index (χ0n) is 17.0. The van der Waals surface area contributed by atoms with Crippen molar-refractivity contribution < 1.29 is 27.2 Å². The van der Waals surface area contributed by atoms with E-state index >= 15 is 0 Å². The van der Waals surface area contributed by atoms with Gasteiger partial charge in [0.25, 0.3) is 5.91 Å². The number of rotatable bonds is 5. The second kappa shape index (κ2) is 8.52. The monoisotopic (exact) mass is 442 g/mol. The first kappa shape index (κ1) is 21.1. The topological polar surface area (TPSA) is 97.1 Å². The zero-order valence-corrected chi connectivity index (χ0v) is 17.8. The quantitative estimate of drug-likeness (QED) is 0.563. The van der Waals surface area contributed by atoms with Gasteiger partial charge in [-0.05, 0) is 35.9 Å². The summed E-state index contributed by atoms with van der Waals surface area (Å²) in [5.74, 6) is -0.570. The maximum absolute atomic E-state index is 13.0. The number of fused-ring (bicyclic) bond motifs is 1. The number of piperazine rings is 1. The average molecular weight is 442 g/mol. The summed E-state index contributed by atoms with van der Waals surface area (Å²) in [7, 11) is -3.66. The Kier molecular flexibility index (Phi) is 5.79. The van der Waals surface area contributed by atoms with Crippen LogP contribution in [0, 0.1) is 6.92 Å². The first-order chi connectivity index (χ1) is 14.9. The summed E-state index contributed by atoms with van der Waals surface area (Å²) in [6, 6.07) is 14.1. The maximum atomic E-state index is 13.0.